The molecule has 1 aromatic carbocycles. The van der Waals surface area contributed by atoms with Gasteiger partial charge in [-0.05, 0) is 43.7 Å². The van der Waals surface area contributed by atoms with Crippen molar-refractivity contribution in [1.29, 1.82) is 0 Å². The predicted molar refractivity (Wildman–Crippen MR) is 94.3 cm³/mol. The highest BCUT2D eigenvalue weighted by Crippen LogP contribution is 2.29. The van der Waals surface area contributed by atoms with Crippen LogP contribution >= 0.6 is 0 Å². The van der Waals surface area contributed by atoms with Gasteiger partial charge in [0, 0.05) is 25.7 Å². The Morgan fingerprint density at radius 1 is 1.17 bits per heavy atom. The van der Waals surface area contributed by atoms with Crippen LogP contribution in [0, 0.1) is 19.8 Å². The Morgan fingerprint density at radius 2 is 1.92 bits per heavy atom. The van der Waals surface area contributed by atoms with Crippen LogP contribution in [-0.4, -0.2) is 55.5 Å². The first-order valence-corrected chi connectivity index (χ1v) is 10.4. The van der Waals surface area contributed by atoms with Crippen LogP contribution < -0.4 is 0 Å². The lowest BCUT2D eigenvalue weighted by atomic mass is 9.94. The number of hydrogen-bond donors (Lipinski definition) is 0. The van der Waals surface area contributed by atoms with E-state index in [0.29, 0.717) is 26.1 Å². The molecule has 0 radical (unpaired) electrons. The Morgan fingerprint density at radius 3 is 2.62 bits per heavy atom. The van der Waals surface area contributed by atoms with Gasteiger partial charge in [-0.15, -0.1) is 0 Å². The van der Waals surface area contributed by atoms with Crippen molar-refractivity contribution in [3.63, 3.8) is 0 Å². The minimum Gasteiger partial charge on any atom is -0.338 e. The standard InChI is InChI=1S/C18H26N2O3S/c1-13-4-5-14(2)16(8-13)9-18(21)20-11-15-6-7-17(20)12-19(10-15)24(3,22)23/h4-5,8,15,17H,6-7,9-12H2,1-3H3/t15-,17+/m1/s1. The Kier molecular flexibility index (Phi) is 4.71. The number of amides is 1. The van der Waals surface area contributed by atoms with E-state index in [-0.39, 0.29) is 17.9 Å². The van der Waals surface area contributed by atoms with E-state index in [1.165, 1.54) is 6.26 Å². The Hall–Kier alpha value is -1.40. The van der Waals surface area contributed by atoms with E-state index in [9.17, 15) is 13.2 Å². The van der Waals surface area contributed by atoms with Crippen molar-refractivity contribution in [3.05, 3.63) is 34.9 Å². The third kappa shape index (κ3) is 3.64. The predicted octanol–water partition coefficient (Wildman–Crippen LogP) is 1.73. The fourth-order valence-electron chi connectivity index (χ4n) is 3.87. The minimum atomic E-state index is -3.20. The molecule has 1 aromatic rings. The number of carbonyl (C=O) groups is 1. The first-order chi connectivity index (χ1) is 11.2. The maximum Gasteiger partial charge on any atom is 0.227 e. The summed E-state index contributed by atoms with van der Waals surface area (Å²) in [6.07, 6.45) is 3.56. The van der Waals surface area contributed by atoms with Gasteiger partial charge in [0.2, 0.25) is 15.9 Å². The van der Waals surface area contributed by atoms with Gasteiger partial charge in [0.05, 0.1) is 12.7 Å². The zero-order valence-corrected chi connectivity index (χ0v) is 15.5. The maximum absolute atomic E-state index is 12.9. The van der Waals surface area contributed by atoms with Crippen LogP contribution in [0.25, 0.3) is 0 Å². The third-order valence-electron chi connectivity index (χ3n) is 5.32. The fourth-order valence-corrected chi connectivity index (χ4v) is 4.79. The van der Waals surface area contributed by atoms with Crippen LogP contribution in [0.3, 0.4) is 0 Å². The summed E-state index contributed by atoms with van der Waals surface area (Å²) >= 11 is 0. The Bertz CT molecular complexity index is 745. The van der Waals surface area contributed by atoms with E-state index in [1.54, 1.807) is 4.31 Å². The molecule has 4 rings (SSSR count). The monoisotopic (exact) mass is 350 g/mol. The lowest BCUT2D eigenvalue weighted by Gasteiger charge is -2.36. The molecule has 0 saturated carbocycles. The molecule has 24 heavy (non-hydrogen) atoms. The summed E-state index contributed by atoms with van der Waals surface area (Å²) in [5.74, 6) is 0.370. The molecule has 3 heterocycles. The number of fused-ring (bicyclic) bond motifs is 4. The van der Waals surface area contributed by atoms with Crippen molar-refractivity contribution >= 4 is 15.9 Å². The molecule has 3 aliphatic rings. The normalized spacial score (nSPS) is 24.9. The summed E-state index contributed by atoms with van der Waals surface area (Å²) in [5, 5.41) is 0. The van der Waals surface area contributed by atoms with Gasteiger partial charge in [-0.2, -0.15) is 4.31 Å². The quantitative estimate of drug-likeness (QED) is 0.834. The summed E-state index contributed by atoms with van der Waals surface area (Å²) in [7, 11) is -3.20. The van der Waals surface area contributed by atoms with E-state index in [4.69, 9.17) is 0 Å². The average molecular weight is 350 g/mol. The number of nitrogens with zero attached hydrogens (tertiary/aromatic N) is 2. The molecule has 0 N–H and O–H groups in total. The SMILES string of the molecule is Cc1ccc(C)c(CC(=O)N2C[C@@H]3CC[C@H]2CN(S(C)(=O)=O)C3)c1. The molecule has 3 saturated heterocycles. The molecule has 6 heteroatoms. The molecular formula is C18H26N2O3S. The Labute approximate surface area is 144 Å². The van der Waals surface area contributed by atoms with Gasteiger partial charge >= 0.3 is 0 Å². The van der Waals surface area contributed by atoms with Crippen LogP contribution in [0.15, 0.2) is 18.2 Å². The minimum absolute atomic E-state index is 0.0103. The van der Waals surface area contributed by atoms with Gasteiger partial charge in [-0.25, -0.2) is 8.42 Å². The summed E-state index contributed by atoms with van der Waals surface area (Å²) in [6, 6.07) is 6.20. The molecule has 0 aliphatic carbocycles. The van der Waals surface area contributed by atoms with Crippen LogP contribution in [0.4, 0.5) is 0 Å². The summed E-state index contributed by atoms with van der Waals surface area (Å²) in [6.45, 7) is 5.73. The molecule has 0 aromatic heterocycles. The number of hydrogen-bond acceptors (Lipinski definition) is 3. The molecule has 3 fully saturated rings. The van der Waals surface area contributed by atoms with Crippen LogP contribution in [0.2, 0.25) is 0 Å². The topological polar surface area (TPSA) is 57.7 Å². The summed E-state index contributed by atoms with van der Waals surface area (Å²) < 4.78 is 25.4. The number of piperidine rings is 1. The second-order valence-corrected chi connectivity index (χ2v) is 9.31. The van der Waals surface area contributed by atoms with Crippen molar-refractivity contribution in [2.75, 3.05) is 25.9 Å². The highest BCUT2D eigenvalue weighted by Gasteiger charge is 2.39. The third-order valence-corrected chi connectivity index (χ3v) is 6.55. The molecule has 1 amide bonds. The molecule has 132 valence electrons. The van der Waals surface area contributed by atoms with Crippen molar-refractivity contribution < 1.29 is 13.2 Å². The number of benzene rings is 1. The van der Waals surface area contributed by atoms with E-state index in [2.05, 4.69) is 18.2 Å². The second kappa shape index (κ2) is 6.48. The summed E-state index contributed by atoms with van der Waals surface area (Å²) in [4.78, 5) is 14.8. The lowest BCUT2D eigenvalue weighted by molar-refractivity contribution is -0.134. The summed E-state index contributed by atoms with van der Waals surface area (Å²) in [5.41, 5.74) is 3.36. The van der Waals surface area contributed by atoms with E-state index in [1.807, 2.05) is 18.7 Å². The smallest absolute Gasteiger partial charge is 0.227 e. The van der Waals surface area contributed by atoms with Crippen molar-refractivity contribution in [2.24, 2.45) is 5.92 Å². The van der Waals surface area contributed by atoms with E-state index >= 15 is 0 Å². The van der Waals surface area contributed by atoms with E-state index < -0.39 is 10.0 Å². The number of aryl methyl sites for hydroxylation is 2. The molecular weight excluding hydrogens is 324 g/mol. The molecule has 2 atom stereocenters. The van der Waals surface area contributed by atoms with Gasteiger partial charge in [0.25, 0.3) is 0 Å². The number of carbonyl (C=O) groups excluding carboxylic acids is 1. The van der Waals surface area contributed by atoms with Crippen LogP contribution in [0.5, 0.6) is 0 Å². The second-order valence-electron chi connectivity index (χ2n) is 7.33. The van der Waals surface area contributed by atoms with E-state index in [0.717, 1.165) is 29.5 Å². The van der Waals surface area contributed by atoms with Gasteiger partial charge in [-0.1, -0.05) is 23.8 Å². The molecule has 0 spiro atoms. The lowest BCUT2D eigenvalue weighted by Crippen LogP contribution is -2.48. The van der Waals surface area contributed by atoms with Crippen molar-refractivity contribution in [1.82, 2.24) is 9.21 Å². The number of rotatable bonds is 3. The van der Waals surface area contributed by atoms with Crippen LogP contribution in [-0.2, 0) is 21.2 Å². The maximum atomic E-state index is 12.9. The van der Waals surface area contributed by atoms with Gasteiger partial charge < -0.3 is 4.90 Å². The first-order valence-electron chi connectivity index (χ1n) is 8.55. The highest BCUT2D eigenvalue weighted by atomic mass is 32.2. The molecule has 0 unspecified atom stereocenters. The van der Waals surface area contributed by atoms with Crippen molar-refractivity contribution in [2.45, 2.75) is 39.2 Å². The van der Waals surface area contributed by atoms with Gasteiger partial charge in [0.1, 0.15) is 0 Å². The number of sulfonamides is 1. The molecule has 5 nitrogen and oxygen atoms in total. The van der Waals surface area contributed by atoms with Crippen molar-refractivity contribution in [3.8, 4) is 0 Å². The highest BCUT2D eigenvalue weighted by molar-refractivity contribution is 7.88. The van der Waals surface area contributed by atoms with Gasteiger partial charge in [-0.3, -0.25) is 4.79 Å². The first kappa shape index (κ1) is 17.4. The molecule has 3 aliphatic heterocycles. The van der Waals surface area contributed by atoms with Crippen LogP contribution in [0.1, 0.15) is 29.5 Å². The fraction of sp³-hybridized carbons (Fsp3) is 0.611. The zero-order chi connectivity index (χ0) is 17.5. The largest absolute Gasteiger partial charge is 0.338 e. The molecule has 2 bridgehead atoms. The zero-order valence-electron chi connectivity index (χ0n) is 14.7. The van der Waals surface area contributed by atoms with Gasteiger partial charge in [0.15, 0.2) is 0 Å². The Balaban J connectivity index is 1.77. The average Bonchev–Trinajstić information content (AvgIpc) is 2.82.